The number of aliphatic hydroxyl groups is 1. The van der Waals surface area contributed by atoms with Crippen molar-refractivity contribution in [3.05, 3.63) is 47.6 Å². The van der Waals surface area contributed by atoms with E-state index in [0.717, 1.165) is 66.1 Å². The van der Waals surface area contributed by atoms with Gasteiger partial charge >= 0.3 is 15.6 Å². The fraction of sp³-hybridized carbons (Fsp3) is 0.855. The second kappa shape index (κ2) is 18.6. The van der Waals surface area contributed by atoms with E-state index < -0.39 is 23.9 Å². The van der Waals surface area contributed by atoms with Crippen LogP contribution in [-0.4, -0.2) is 33.5 Å². The highest BCUT2D eigenvalue weighted by Crippen LogP contribution is 2.69. The van der Waals surface area contributed by atoms with E-state index in [4.69, 9.17) is 3.87 Å². The summed E-state index contributed by atoms with van der Waals surface area (Å²) in [4.78, 5) is 0. The molecule has 14 atom stereocenters. The van der Waals surface area contributed by atoms with Crippen molar-refractivity contribution in [1.82, 2.24) is 0 Å². The molecule has 6 fully saturated rings. The highest BCUT2D eigenvalue weighted by molar-refractivity contribution is 7.88. The normalized spacial score (nSPS) is 41.7. The fourth-order valence-corrected chi connectivity index (χ4v) is 25.8. The molecule has 0 spiro atoms. The topological polar surface area (TPSA) is 63.6 Å². The SMILES string of the molecule is C=C(C)[C@H]1CC[C@H]2[C@@H]3CC=C4C[C@@H](C)CC[C@]4(C)[C@H]3CC[C@]12C.C=C(C)[C@H]1CC[C@H]2[C@@H]3CC=C4C[C@@H](O)CC[C@]4(C)[C@H]3CC[C@]12C.CC(C)[Si](OS(=O)(=O)C(F)(F)F)(C(C)C)C(C)C. The van der Waals surface area contributed by atoms with Crippen molar-refractivity contribution in [3.63, 3.8) is 0 Å². The minimum Gasteiger partial charge on any atom is -0.393 e. The number of aliphatic hydroxyl groups excluding tert-OH is 1. The third-order valence-electron chi connectivity index (χ3n) is 20.9. The lowest BCUT2D eigenvalue weighted by Gasteiger charge is -2.58. The van der Waals surface area contributed by atoms with Crippen molar-refractivity contribution >= 4 is 18.4 Å². The standard InChI is InChI=1S/C23H36.C22H34O.C10H21F3O3SSi/c1-15(2)19-8-9-20-18-7-6-17-14-16(3)10-12-22(17,4)21(18)11-13-23(19,20)5;1-14(2)18-7-8-19-17-6-5-15-13-16(23)9-11-21(15,3)20(17)10-12-22(18,19)4;1-7(2)18(8(3)4,9(5)6)16-17(14,15)10(11,12)13/h6,16,18-21H,1,7-14H2,2-5H3;5,16-20,23H,1,6-13H2,2-4H3;7-9H,1-6H3/t16-,18-,19+,20-,21-,22-,23+;16-,17-,18+,19-,20-,21-,22+;/m00./s1. The number of fused-ring (bicyclic) bond motifs is 10. The Morgan fingerprint density at radius 1 is 0.672 bits per heavy atom. The molecule has 8 aliphatic carbocycles. The van der Waals surface area contributed by atoms with Crippen molar-refractivity contribution < 1.29 is 30.6 Å². The molecule has 1 N–H and O–H groups in total. The molecule has 64 heavy (non-hydrogen) atoms. The van der Waals surface area contributed by atoms with E-state index in [1.807, 2.05) is 5.57 Å². The quantitative estimate of drug-likeness (QED) is 0.157. The van der Waals surface area contributed by atoms with Crippen molar-refractivity contribution in [2.24, 2.45) is 74.9 Å². The van der Waals surface area contributed by atoms with E-state index in [1.165, 1.54) is 101 Å². The number of hydrogen-bond acceptors (Lipinski definition) is 4. The van der Waals surface area contributed by atoms with Crippen LogP contribution in [0.15, 0.2) is 47.6 Å². The molecule has 0 aromatic heterocycles. The summed E-state index contributed by atoms with van der Waals surface area (Å²) in [6.45, 7) is 36.3. The zero-order chi connectivity index (χ0) is 47.7. The van der Waals surface area contributed by atoms with E-state index in [0.29, 0.717) is 21.7 Å². The van der Waals surface area contributed by atoms with E-state index >= 15 is 0 Å². The first kappa shape index (κ1) is 52.2. The van der Waals surface area contributed by atoms with Crippen LogP contribution in [0.2, 0.25) is 16.6 Å². The van der Waals surface area contributed by atoms with Crippen LogP contribution in [0, 0.1) is 74.9 Å². The van der Waals surface area contributed by atoms with Crippen LogP contribution in [0.1, 0.15) is 193 Å². The molecule has 8 rings (SSSR count). The summed E-state index contributed by atoms with van der Waals surface area (Å²) >= 11 is 0. The second-order valence-corrected chi connectivity index (χ2v) is 32.3. The Bertz CT molecular complexity index is 1780. The number of rotatable bonds is 7. The molecular formula is C55H91F3O4SSi. The third-order valence-corrected chi connectivity index (χ3v) is 28.9. The zero-order valence-electron chi connectivity index (χ0n) is 42.6. The Kier molecular flexibility index (Phi) is 15.2. The Hall–Kier alpha value is -1.16. The van der Waals surface area contributed by atoms with E-state index in [2.05, 4.69) is 73.8 Å². The van der Waals surface area contributed by atoms with Crippen LogP contribution in [0.3, 0.4) is 0 Å². The fourth-order valence-electron chi connectivity index (χ4n) is 17.6. The summed E-state index contributed by atoms with van der Waals surface area (Å²) < 4.78 is 64.7. The number of hydrogen-bond donors (Lipinski definition) is 1. The monoisotopic (exact) mass is 933 g/mol. The van der Waals surface area contributed by atoms with Gasteiger partial charge in [-0.25, -0.2) is 0 Å². The molecule has 0 bridgehead atoms. The average molecular weight is 933 g/mol. The molecular weight excluding hydrogens is 842 g/mol. The lowest BCUT2D eigenvalue weighted by atomic mass is 9.47. The van der Waals surface area contributed by atoms with Crippen LogP contribution < -0.4 is 0 Å². The summed E-state index contributed by atoms with van der Waals surface area (Å²) in [5.41, 5.74) is 2.25. The number of alkyl halides is 3. The first-order valence-electron chi connectivity index (χ1n) is 25.9. The summed E-state index contributed by atoms with van der Waals surface area (Å²) in [6.07, 6.45) is 26.6. The summed E-state index contributed by atoms with van der Waals surface area (Å²) in [5.74, 6) is 7.97. The van der Waals surface area contributed by atoms with Crippen molar-refractivity contribution in [2.75, 3.05) is 0 Å². The average Bonchev–Trinajstić information content (AvgIpc) is 3.74. The van der Waals surface area contributed by atoms with Gasteiger partial charge in [-0.3, -0.25) is 0 Å². The summed E-state index contributed by atoms with van der Waals surface area (Å²) in [7, 11) is -8.61. The highest BCUT2D eigenvalue weighted by atomic mass is 32.2. The van der Waals surface area contributed by atoms with Gasteiger partial charge in [0.15, 0.2) is 0 Å². The van der Waals surface area contributed by atoms with Gasteiger partial charge in [0.25, 0.3) is 0 Å². The van der Waals surface area contributed by atoms with Crippen molar-refractivity contribution in [3.8, 4) is 0 Å². The molecule has 6 saturated carbocycles. The van der Waals surface area contributed by atoms with Crippen molar-refractivity contribution in [2.45, 2.75) is 221 Å². The van der Waals surface area contributed by atoms with Crippen LogP contribution in [-0.2, 0) is 14.0 Å². The number of allylic oxidation sites excluding steroid dienone is 5. The summed E-state index contributed by atoms with van der Waals surface area (Å²) in [5, 5.41) is 10.1. The van der Waals surface area contributed by atoms with E-state index in [-0.39, 0.29) is 22.7 Å². The minimum atomic E-state index is -5.53. The molecule has 0 amide bonds. The predicted octanol–water partition coefficient (Wildman–Crippen LogP) is 16.3. The number of halogens is 3. The Morgan fingerprint density at radius 3 is 1.47 bits per heavy atom. The molecule has 4 nitrogen and oxygen atoms in total. The Morgan fingerprint density at radius 2 is 1.08 bits per heavy atom. The van der Waals surface area contributed by atoms with E-state index in [1.54, 1.807) is 47.1 Å². The molecule has 0 radical (unpaired) electrons. The minimum absolute atomic E-state index is 0.0843. The highest BCUT2D eigenvalue weighted by Gasteiger charge is 2.61. The van der Waals surface area contributed by atoms with Gasteiger partial charge in [-0.1, -0.05) is 124 Å². The lowest BCUT2D eigenvalue weighted by Crippen LogP contribution is -2.51. The molecule has 366 valence electrons. The first-order valence-corrected chi connectivity index (χ1v) is 29.5. The predicted molar refractivity (Wildman–Crippen MR) is 262 cm³/mol. The maximum Gasteiger partial charge on any atom is 0.522 e. The smallest absolute Gasteiger partial charge is 0.393 e. The molecule has 9 heteroatoms. The van der Waals surface area contributed by atoms with Crippen LogP contribution in [0.25, 0.3) is 0 Å². The van der Waals surface area contributed by atoms with Crippen molar-refractivity contribution in [1.29, 1.82) is 0 Å². The molecule has 0 aromatic rings. The van der Waals surface area contributed by atoms with Gasteiger partial charge in [0.2, 0.25) is 8.32 Å². The third kappa shape index (κ3) is 8.97. The van der Waals surface area contributed by atoms with E-state index in [9.17, 15) is 26.7 Å². The Balaban J connectivity index is 0.000000161. The molecule has 0 aliphatic heterocycles. The summed E-state index contributed by atoms with van der Waals surface area (Å²) in [6, 6.07) is 0. The maximum atomic E-state index is 12.5. The molecule has 0 heterocycles. The van der Waals surface area contributed by atoms with Gasteiger partial charge in [0.05, 0.1) is 6.10 Å². The lowest BCUT2D eigenvalue weighted by molar-refractivity contribution is -0.0506. The molecule has 0 saturated heterocycles. The molecule has 8 aliphatic rings. The zero-order valence-corrected chi connectivity index (χ0v) is 44.4. The van der Waals surface area contributed by atoms with Crippen LogP contribution in [0.5, 0.6) is 0 Å². The largest absolute Gasteiger partial charge is 0.522 e. The molecule has 0 aromatic carbocycles. The van der Waals surface area contributed by atoms with Gasteiger partial charge in [-0.05, 0) is 208 Å². The Labute approximate surface area is 390 Å². The first-order chi connectivity index (χ1) is 29.5. The van der Waals surface area contributed by atoms with Gasteiger partial charge in [0, 0.05) is 0 Å². The van der Waals surface area contributed by atoms with Gasteiger partial charge < -0.3 is 8.98 Å². The van der Waals surface area contributed by atoms with Crippen LogP contribution in [0.4, 0.5) is 13.2 Å². The van der Waals surface area contributed by atoms with Gasteiger partial charge in [-0.2, -0.15) is 21.6 Å². The van der Waals surface area contributed by atoms with Gasteiger partial charge in [-0.15, -0.1) is 0 Å². The maximum absolute atomic E-state index is 12.5. The second-order valence-electron chi connectivity index (χ2n) is 25.1. The molecule has 0 unspecified atom stereocenters. The van der Waals surface area contributed by atoms with Gasteiger partial charge in [0.1, 0.15) is 0 Å². The van der Waals surface area contributed by atoms with Crippen LogP contribution >= 0.6 is 0 Å².